The normalized spacial score (nSPS) is 10.7. The van der Waals surface area contributed by atoms with Gasteiger partial charge in [-0.25, -0.2) is 4.39 Å². The van der Waals surface area contributed by atoms with Gasteiger partial charge in [-0.3, -0.25) is 9.59 Å². The third kappa shape index (κ3) is 3.40. The third-order valence-electron chi connectivity index (χ3n) is 3.36. The maximum absolute atomic E-state index is 13.3. The average molecular weight is 331 g/mol. The summed E-state index contributed by atoms with van der Waals surface area (Å²) in [6.07, 6.45) is 1.51. The van der Waals surface area contributed by atoms with E-state index in [0.29, 0.717) is 16.2 Å². The van der Waals surface area contributed by atoms with Gasteiger partial charge in [-0.1, -0.05) is 17.7 Å². The number of nitrogens with zero attached hydrogens (tertiary/aromatic N) is 1. The Balaban J connectivity index is 1.88. The van der Waals surface area contributed by atoms with Gasteiger partial charge in [0, 0.05) is 28.4 Å². The average Bonchev–Trinajstić information content (AvgIpc) is 2.50. The number of pyridine rings is 1. The number of anilines is 1. The first kappa shape index (κ1) is 15.2. The van der Waals surface area contributed by atoms with Gasteiger partial charge in [0.2, 0.25) is 5.91 Å². The van der Waals surface area contributed by atoms with Crippen molar-refractivity contribution in [3.8, 4) is 0 Å². The zero-order valence-electron chi connectivity index (χ0n) is 11.9. The standard InChI is InChI=1S/C17H12ClFN2O2/c18-11-2-1-3-13(8-11)20-17(23)10-21-7-6-16(22)14-9-12(19)4-5-15(14)21/h1-9H,10H2,(H,20,23). The Bertz CT molecular complexity index is 953. The van der Waals surface area contributed by atoms with Gasteiger partial charge in [0.05, 0.1) is 5.52 Å². The molecule has 3 aromatic rings. The molecule has 1 N–H and O–H groups in total. The summed E-state index contributed by atoms with van der Waals surface area (Å²) >= 11 is 5.87. The molecule has 0 spiro atoms. The summed E-state index contributed by atoms with van der Waals surface area (Å²) in [6.45, 7) is -0.00503. The number of carbonyl (C=O) groups is 1. The van der Waals surface area contributed by atoms with E-state index in [4.69, 9.17) is 11.6 Å². The minimum absolute atomic E-state index is 0.00503. The van der Waals surface area contributed by atoms with Crippen molar-refractivity contribution >= 4 is 34.1 Å². The van der Waals surface area contributed by atoms with E-state index in [0.717, 1.165) is 0 Å². The monoisotopic (exact) mass is 330 g/mol. The van der Waals surface area contributed by atoms with E-state index in [1.807, 2.05) is 0 Å². The van der Waals surface area contributed by atoms with Crippen LogP contribution in [0.2, 0.25) is 5.02 Å². The molecule has 1 amide bonds. The van der Waals surface area contributed by atoms with Crippen LogP contribution in [0.1, 0.15) is 0 Å². The molecule has 0 aliphatic rings. The molecule has 0 saturated heterocycles. The second kappa shape index (κ2) is 6.22. The van der Waals surface area contributed by atoms with Crippen molar-refractivity contribution in [3.63, 3.8) is 0 Å². The lowest BCUT2D eigenvalue weighted by atomic mass is 10.2. The molecule has 6 heteroatoms. The topological polar surface area (TPSA) is 51.1 Å². The van der Waals surface area contributed by atoms with Gasteiger partial charge in [0.15, 0.2) is 5.43 Å². The molecule has 0 bridgehead atoms. The molecule has 0 unspecified atom stereocenters. The van der Waals surface area contributed by atoms with Crippen LogP contribution in [-0.4, -0.2) is 10.5 Å². The van der Waals surface area contributed by atoms with E-state index in [1.165, 1.54) is 30.5 Å². The van der Waals surface area contributed by atoms with Crippen molar-refractivity contribution in [2.75, 3.05) is 5.32 Å². The maximum Gasteiger partial charge on any atom is 0.244 e. The maximum atomic E-state index is 13.3. The number of hydrogen-bond donors (Lipinski definition) is 1. The highest BCUT2D eigenvalue weighted by atomic mass is 35.5. The van der Waals surface area contributed by atoms with E-state index in [1.54, 1.807) is 28.8 Å². The van der Waals surface area contributed by atoms with Gasteiger partial charge >= 0.3 is 0 Å². The smallest absolute Gasteiger partial charge is 0.244 e. The molecule has 0 atom stereocenters. The van der Waals surface area contributed by atoms with Crippen LogP contribution in [0.5, 0.6) is 0 Å². The molecular weight excluding hydrogens is 319 g/mol. The SMILES string of the molecule is O=C(Cn1ccc(=O)c2cc(F)ccc21)Nc1cccc(Cl)c1. The Morgan fingerprint density at radius 3 is 2.78 bits per heavy atom. The quantitative estimate of drug-likeness (QED) is 0.800. The van der Waals surface area contributed by atoms with Crippen molar-refractivity contribution < 1.29 is 9.18 Å². The first-order valence-electron chi connectivity index (χ1n) is 6.87. The molecule has 0 fully saturated rings. The zero-order valence-corrected chi connectivity index (χ0v) is 12.7. The number of rotatable bonds is 3. The largest absolute Gasteiger partial charge is 0.338 e. The van der Waals surface area contributed by atoms with Gasteiger partial charge in [-0.2, -0.15) is 0 Å². The van der Waals surface area contributed by atoms with Crippen LogP contribution in [0.15, 0.2) is 59.5 Å². The lowest BCUT2D eigenvalue weighted by Gasteiger charge is -2.11. The van der Waals surface area contributed by atoms with E-state index in [2.05, 4.69) is 5.32 Å². The predicted octanol–water partition coefficient (Wildman–Crippen LogP) is 3.43. The number of hydrogen-bond acceptors (Lipinski definition) is 2. The molecule has 1 aromatic heterocycles. The molecular formula is C17H12ClFN2O2. The zero-order chi connectivity index (χ0) is 16.4. The summed E-state index contributed by atoms with van der Waals surface area (Å²) in [5.74, 6) is -0.766. The number of fused-ring (bicyclic) bond motifs is 1. The molecule has 0 aliphatic carbocycles. The third-order valence-corrected chi connectivity index (χ3v) is 3.60. The summed E-state index contributed by atoms with van der Waals surface area (Å²) in [7, 11) is 0. The fraction of sp³-hybridized carbons (Fsp3) is 0.0588. The van der Waals surface area contributed by atoms with Crippen molar-refractivity contribution in [2.24, 2.45) is 0 Å². The number of halogens is 2. The summed E-state index contributed by atoms with van der Waals surface area (Å²) in [6, 6.07) is 12.0. The molecule has 0 aliphatic heterocycles. The molecule has 1 heterocycles. The van der Waals surface area contributed by atoms with Gasteiger partial charge in [-0.15, -0.1) is 0 Å². The van der Waals surface area contributed by atoms with Crippen LogP contribution >= 0.6 is 11.6 Å². The number of amides is 1. The van der Waals surface area contributed by atoms with E-state index in [9.17, 15) is 14.0 Å². The van der Waals surface area contributed by atoms with Crippen LogP contribution in [0.25, 0.3) is 10.9 Å². The highest BCUT2D eigenvalue weighted by Crippen LogP contribution is 2.16. The minimum atomic E-state index is -0.490. The first-order valence-corrected chi connectivity index (χ1v) is 7.25. The summed E-state index contributed by atoms with van der Waals surface area (Å²) in [5, 5.41) is 3.48. The van der Waals surface area contributed by atoms with E-state index < -0.39 is 5.82 Å². The number of benzene rings is 2. The molecule has 23 heavy (non-hydrogen) atoms. The highest BCUT2D eigenvalue weighted by Gasteiger charge is 2.08. The van der Waals surface area contributed by atoms with Crippen LogP contribution < -0.4 is 10.7 Å². The lowest BCUT2D eigenvalue weighted by Crippen LogP contribution is -2.20. The molecule has 0 radical (unpaired) electrons. The fourth-order valence-corrected chi connectivity index (χ4v) is 2.53. The van der Waals surface area contributed by atoms with Crippen molar-refractivity contribution in [1.29, 1.82) is 0 Å². The molecule has 0 saturated carbocycles. The number of carbonyl (C=O) groups excluding carboxylic acids is 1. The van der Waals surface area contributed by atoms with Gasteiger partial charge < -0.3 is 9.88 Å². The van der Waals surface area contributed by atoms with E-state index in [-0.39, 0.29) is 23.3 Å². The highest BCUT2D eigenvalue weighted by molar-refractivity contribution is 6.30. The lowest BCUT2D eigenvalue weighted by molar-refractivity contribution is -0.116. The Morgan fingerprint density at radius 1 is 1.17 bits per heavy atom. The molecule has 116 valence electrons. The van der Waals surface area contributed by atoms with Gasteiger partial charge in [-0.05, 0) is 36.4 Å². The Hall–Kier alpha value is -2.66. The van der Waals surface area contributed by atoms with Crippen LogP contribution in [0.4, 0.5) is 10.1 Å². The fourth-order valence-electron chi connectivity index (χ4n) is 2.34. The molecule has 3 rings (SSSR count). The van der Waals surface area contributed by atoms with E-state index >= 15 is 0 Å². The predicted molar refractivity (Wildman–Crippen MR) is 88.2 cm³/mol. The van der Waals surface area contributed by atoms with Crippen molar-refractivity contribution in [2.45, 2.75) is 6.54 Å². The summed E-state index contributed by atoms with van der Waals surface area (Å²) < 4.78 is 14.9. The number of aromatic nitrogens is 1. The van der Waals surface area contributed by atoms with Crippen molar-refractivity contribution in [1.82, 2.24) is 4.57 Å². The van der Waals surface area contributed by atoms with Crippen LogP contribution in [0, 0.1) is 5.82 Å². The summed E-state index contributed by atoms with van der Waals surface area (Å²) in [4.78, 5) is 24.0. The van der Waals surface area contributed by atoms with Gasteiger partial charge in [0.1, 0.15) is 12.4 Å². The Kier molecular flexibility index (Phi) is 4.12. The minimum Gasteiger partial charge on any atom is -0.338 e. The number of nitrogens with one attached hydrogen (secondary N) is 1. The Labute approximate surface area is 136 Å². The first-order chi connectivity index (χ1) is 11.0. The van der Waals surface area contributed by atoms with Crippen molar-refractivity contribution in [3.05, 3.63) is 75.8 Å². The molecule has 4 nitrogen and oxygen atoms in total. The Morgan fingerprint density at radius 2 is 2.00 bits per heavy atom. The van der Waals surface area contributed by atoms with Gasteiger partial charge in [0.25, 0.3) is 0 Å². The van der Waals surface area contributed by atoms with Crippen LogP contribution in [0.3, 0.4) is 0 Å². The second-order valence-corrected chi connectivity index (χ2v) is 5.46. The van der Waals surface area contributed by atoms with Crippen LogP contribution in [-0.2, 0) is 11.3 Å². The molecule has 2 aromatic carbocycles. The summed E-state index contributed by atoms with van der Waals surface area (Å²) in [5.41, 5.74) is 0.796. The second-order valence-electron chi connectivity index (χ2n) is 5.03.